The minimum Gasteiger partial charge on any atom is -0.387 e. The van der Waals surface area contributed by atoms with Gasteiger partial charge in [-0.15, -0.1) is 0 Å². The molecule has 94 valence electrons. The maximum atomic E-state index is 10.3. The SMILES string of the molecule is NC(=S)C1=NC(=O)C=N1.c1ccc2ncccc2c1. The van der Waals surface area contributed by atoms with Crippen LogP contribution in [-0.4, -0.2) is 27.9 Å². The van der Waals surface area contributed by atoms with Gasteiger partial charge in [0.05, 0.1) is 11.7 Å². The van der Waals surface area contributed by atoms with Gasteiger partial charge in [-0.3, -0.25) is 9.78 Å². The molecule has 6 heteroatoms. The molecule has 19 heavy (non-hydrogen) atoms. The number of amidine groups is 1. The van der Waals surface area contributed by atoms with E-state index in [0.29, 0.717) is 0 Å². The topological polar surface area (TPSA) is 80.7 Å². The van der Waals surface area contributed by atoms with Crippen LogP contribution in [0.15, 0.2) is 52.6 Å². The molecule has 0 spiro atoms. The lowest BCUT2D eigenvalue weighted by Crippen LogP contribution is -2.17. The molecule has 1 aromatic carbocycles. The Bertz CT molecular complexity index is 628. The van der Waals surface area contributed by atoms with Crippen LogP contribution >= 0.6 is 12.2 Å². The molecule has 0 fully saturated rings. The lowest BCUT2D eigenvalue weighted by Gasteiger charge is -1.91. The predicted octanol–water partition coefficient (Wildman–Crippen LogP) is 1.52. The highest BCUT2D eigenvalue weighted by Crippen LogP contribution is 2.07. The van der Waals surface area contributed by atoms with E-state index in [1.807, 2.05) is 30.5 Å². The summed E-state index contributed by atoms with van der Waals surface area (Å²) in [6.07, 6.45) is 2.89. The molecule has 0 radical (unpaired) electrons. The molecular formula is C13H10N4OS. The molecule has 2 aromatic rings. The summed E-state index contributed by atoms with van der Waals surface area (Å²) in [7, 11) is 0. The van der Waals surface area contributed by atoms with E-state index in [9.17, 15) is 4.79 Å². The summed E-state index contributed by atoms with van der Waals surface area (Å²) in [6.45, 7) is 0. The molecule has 0 unspecified atom stereocenters. The number of hydrogen-bond donors (Lipinski definition) is 1. The number of aromatic nitrogens is 1. The minimum atomic E-state index is -0.405. The Hall–Kier alpha value is -2.47. The van der Waals surface area contributed by atoms with Crippen molar-refractivity contribution in [2.24, 2.45) is 15.7 Å². The van der Waals surface area contributed by atoms with Crippen molar-refractivity contribution in [3.05, 3.63) is 42.6 Å². The summed E-state index contributed by atoms with van der Waals surface area (Å²) in [5.74, 6) is -0.257. The van der Waals surface area contributed by atoms with Crippen molar-refractivity contribution in [1.29, 1.82) is 0 Å². The summed E-state index contributed by atoms with van der Waals surface area (Å²) in [4.78, 5) is 21.4. The van der Waals surface area contributed by atoms with E-state index in [-0.39, 0.29) is 10.8 Å². The number of aliphatic imine (C=N–C) groups is 2. The fraction of sp³-hybridized carbons (Fsp3) is 0. The average Bonchev–Trinajstić information content (AvgIpc) is 2.87. The number of rotatable bonds is 1. The van der Waals surface area contributed by atoms with E-state index in [2.05, 4.69) is 39.3 Å². The van der Waals surface area contributed by atoms with E-state index in [1.54, 1.807) is 0 Å². The number of benzene rings is 1. The van der Waals surface area contributed by atoms with Crippen molar-refractivity contribution in [2.75, 3.05) is 0 Å². The van der Waals surface area contributed by atoms with Crippen LogP contribution in [0, 0.1) is 0 Å². The van der Waals surface area contributed by atoms with Crippen molar-refractivity contribution in [2.45, 2.75) is 0 Å². The first-order valence-corrected chi connectivity index (χ1v) is 5.84. The van der Waals surface area contributed by atoms with Crippen LogP contribution in [-0.2, 0) is 4.79 Å². The van der Waals surface area contributed by atoms with Crippen molar-refractivity contribution in [1.82, 2.24) is 4.98 Å². The molecule has 1 aliphatic heterocycles. The number of nitrogens with two attached hydrogens (primary N) is 1. The molecule has 2 N–H and O–H groups in total. The first-order valence-electron chi connectivity index (χ1n) is 5.43. The van der Waals surface area contributed by atoms with Crippen LogP contribution in [0.3, 0.4) is 0 Å². The molecular weight excluding hydrogens is 260 g/mol. The fourth-order valence-electron chi connectivity index (χ4n) is 1.41. The summed E-state index contributed by atoms with van der Waals surface area (Å²) in [5, 5.41) is 1.20. The van der Waals surface area contributed by atoms with Crippen molar-refractivity contribution in [3.63, 3.8) is 0 Å². The zero-order chi connectivity index (χ0) is 13.7. The molecule has 0 saturated carbocycles. The second-order valence-electron chi connectivity index (χ2n) is 3.59. The number of carbonyl (C=O) groups is 1. The standard InChI is InChI=1S/C9H7N.C4H3N3OS/c1-2-6-9-8(4-1)5-3-7-10-9;5-3(9)4-6-1-2(8)7-4/h1-7H;1H,(H2,5,9). The summed E-state index contributed by atoms with van der Waals surface area (Å²) in [6, 6.07) is 12.1. The average molecular weight is 270 g/mol. The first-order chi connectivity index (χ1) is 9.16. The van der Waals surface area contributed by atoms with Gasteiger partial charge >= 0.3 is 0 Å². The number of hydrogen-bond acceptors (Lipinski definition) is 4. The summed E-state index contributed by atoms with van der Waals surface area (Å²) in [5.41, 5.74) is 6.15. The first kappa shape index (κ1) is 13.0. The van der Waals surface area contributed by atoms with Crippen LogP contribution in [0.2, 0.25) is 0 Å². The number of amides is 1. The number of pyridine rings is 1. The summed E-state index contributed by atoms with van der Waals surface area (Å²) >= 11 is 4.49. The van der Waals surface area contributed by atoms with Gasteiger partial charge in [-0.1, -0.05) is 36.5 Å². The van der Waals surface area contributed by atoms with E-state index >= 15 is 0 Å². The minimum absolute atomic E-state index is 0.0529. The van der Waals surface area contributed by atoms with E-state index in [0.717, 1.165) is 11.7 Å². The van der Waals surface area contributed by atoms with Crippen molar-refractivity contribution in [3.8, 4) is 0 Å². The third-order valence-electron chi connectivity index (χ3n) is 2.25. The smallest absolute Gasteiger partial charge is 0.290 e. The van der Waals surface area contributed by atoms with Crippen LogP contribution in [0.5, 0.6) is 0 Å². The Labute approximate surface area is 114 Å². The molecule has 1 aliphatic rings. The number of nitrogens with zero attached hydrogens (tertiary/aromatic N) is 3. The Kier molecular flexibility index (Phi) is 4.04. The zero-order valence-corrected chi connectivity index (χ0v) is 10.7. The Morgan fingerprint density at radius 2 is 1.89 bits per heavy atom. The number of para-hydroxylation sites is 1. The second kappa shape index (κ2) is 5.92. The molecule has 2 heterocycles. The van der Waals surface area contributed by atoms with Gasteiger partial charge < -0.3 is 5.73 Å². The van der Waals surface area contributed by atoms with Crippen LogP contribution in [0.4, 0.5) is 0 Å². The Morgan fingerprint density at radius 3 is 2.47 bits per heavy atom. The van der Waals surface area contributed by atoms with Gasteiger partial charge in [0.15, 0.2) is 5.84 Å². The highest BCUT2D eigenvalue weighted by Gasteiger charge is 2.08. The van der Waals surface area contributed by atoms with Crippen molar-refractivity contribution < 1.29 is 4.79 Å². The number of carbonyl (C=O) groups excluding carboxylic acids is 1. The largest absolute Gasteiger partial charge is 0.387 e. The van der Waals surface area contributed by atoms with Gasteiger partial charge in [0.2, 0.25) is 0 Å². The maximum absolute atomic E-state index is 10.3. The van der Waals surface area contributed by atoms with E-state index < -0.39 is 5.91 Å². The molecule has 0 atom stereocenters. The highest BCUT2D eigenvalue weighted by molar-refractivity contribution is 7.82. The molecule has 0 saturated heterocycles. The van der Waals surface area contributed by atoms with Gasteiger partial charge in [-0.25, -0.2) is 4.99 Å². The van der Waals surface area contributed by atoms with Gasteiger partial charge in [0.1, 0.15) is 4.99 Å². The zero-order valence-electron chi connectivity index (χ0n) is 9.85. The van der Waals surface area contributed by atoms with E-state index in [1.165, 1.54) is 5.39 Å². The summed E-state index contributed by atoms with van der Waals surface area (Å²) < 4.78 is 0. The molecule has 1 aromatic heterocycles. The predicted molar refractivity (Wildman–Crippen MR) is 79.5 cm³/mol. The van der Waals surface area contributed by atoms with Crippen LogP contribution < -0.4 is 5.73 Å². The van der Waals surface area contributed by atoms with Gasteiger partial charge in [-0.2, -0.15) is 4.99 Å². The fourth-order valence-corrected chi connectivity index (χ4v) is 1.51. The number of thiocarbonyl (C=S) groups is 1. The van der Waals surface area contributed by atoms with Gasteiger partial charge in [0.25, 0.3) is 5.91 Å². The molecule has 0 aliphatic carbocycles. The molecule has 1 amide bonds. The van der Waals surface area contributed by atoms with Crippen LogP contribution in [0.25, 0.3) is 10.9 Å². The van der Waals surface area contributed by atoms with Crippen LogP contribution in [0.1, 0.15) is 0 Å². The molecule has 5 nitrogen and oxygen atoms in total. The monoisotopic (exact) mass is 270 g/mol. The van der Waals surface area contributed by atoms with E-state index in [4.69, 9.17) is 5.73 Å². The third kappa shape index (κ3) is 3.49. The second-order valence-corrected chi connectivity index (χ2v) is 4.03. The van der Waals surface area contributed by atoms with Crippen molar-refractivity contribution >= 4 is 46.1 Å². The lowest BCUT2D eigenvalue weighted by atomic mass is 10.2. The third-order valence-corrected chi connectivity index (χ3v) is 2.43. The Morgan fingerprint density at radius 1 is 1.16 bits per heavy atom. The molecule has 3 rings (SSSR count). The lowest BCUT2D eigenvalue weighted by molar-refractivity contribution is -0.111. The Balaban J connectivity index is 0.000000141. The highest BCUT2D eigenvalue weighted by atomic mass is 32.1. The molecule has 0 bridgehead atoms. The maximum Gasteiger partial charge on any atom is 0.290 e. The normalized spacial score (nSPS) is 12.8. The van der Waals surface area contributed by atoms with Gasteiger partial charge in [-0.05, 0) is 12.1 Å². The number of fused-ring (bicyclic) bond motifs is 1. The quantitative estimate of drug-likeness (QED) is 0.796. The van der Waals surface area contributed by atoms with Gasteiger partial charge in [0, 0.05) is 11.6 Å².